The van der Waals surface area contributed by atoms with Crippen molar-refractivity contribution in [1.29, 1.82) is 0 Å². The Morgan fingerprint density at radius 3 is 2.86 bits per heavy atom. The Bertz CT molecular complexity index is 808. The Morgan fingerprint density at radius 1 is 1.14 bits per heavy atom. The number of Topliss-reactive ketones (excluding diaryl/α,β-unsaturated/α-hetero) is 1. The number of carbonyl (C=O) groups excluding carboxylic acids is 1. The average molecular weight is 275 g/mol. The van der Waals surface area contributed by atoms with E-state index in [0.29, 0.717) is 6.42 Å². The van der Waals surface area contributed by atoms with Gasteiger partial charge < -0.3 is 4.57 Å². The first kappa shape index (κ1) is 12.0. The zero-order valence-corrected chi connectivity index (χ0v) is 11.3. The van der Waals surface area contributed by atoms with Gasteiger partial charge in [-0.05, 0) is 12.1 Å². The number of fused-ring (bicyclic) bond motifs is 3. The van der Waals surface area contributed by atoms with Crippen molar-refractivity contribution in [3.8, 4) is 11.3 Å². The molecule has 0 bridgehead atoms. The minimum absolute atomic E-state index is 0.0635. The van der Waals surface area contributed by atoms with E-state index in [-0.39, 0.29) is 11.8 Å². The number of imidazole rings is 1. The molecule has 0 amide bonds. The predicted octanol–water partition coefficient (Wildman–Crippen LogP) is 3.12. The highest BCUT2D eigenvalue weighted by atomic mass is 16.1. The van der Waals surface area contributed by atoms with Gasteiger partial charge in [-0.3, -0.25) is 9.78 Å². The van der Waals surface area contributed by atoms with Crippen LogP contribution in [0.15, 0.2) is 61.2 Å². The molecule has 0 saturated carbocycles. The lowest BCUT2D eigenvalue weighted by molar-refractivity contribution is 0.0970. The number of benzene rings is 1. The van der Waals surface area contributed by atoms with Crippen LogP contribution in [-0.4, -0.2) is 20.3 Å². The van der Waals surface area contributed by atoms with Crippen LogP contribution in [0.3, 0.4) is 0 Å². The van der Waals surface area contributed by atoms with Crippen LogP contribution in [0, 0.1) is 0 Å². The van der Waals surface area contributed by atoms with E-state index in [9.17, 15) is 4.79 Å². The van der Waals surface area contributed by atoms with Gasteiger partial charge in [0.05, 0.1) is 30.0 Å². The number of pyridine rings is 1. The second-order valence-electron chi connectivity index (χ2n) is 5.13. The summed E-state index contributed by atoms with van der Waals surface area (Å²) in [6.07, 6.45) is 5.78. The molecule has 0 radical (unpaired) electrons. The van der Waals surface area contributed by atoms with Crippen LogP contribution >= 0.6 is 0 Å². The number of hydrogen-bond acceptors (Lipinski definition) is 3. The number of hydrogen-bond donors (Lipinski definition) is 0. The van der Waals surface area contributed by atoms with Crippen LogP contribution in [0.2, 0.25) is 0 Å². The zero-order valence-electron chi connectivity index (χ0n) is 11.3. The lowest BCUT2D eigenvalue weighted by Crippen LogP contribution is -2.12. The first-order chi connectivity index (χ1) is 10.3. The van der Waals surface area contributed by atoms with E-state index in [2.05, 4.69) is 9.97 Å². The van der Waals surface area contributed by atoms with Crippen LogP contribution in [0.1, 0.15) is 28.5 Å². The summed E-state index contributed by atoms with van der Waals surface area (Å²) in [5.74, 6) is 0.124. The highest BCUT2D eigenvalue weighted by molar-refractivity contribution is 5.96. The number of ketones is 1. The number of rotatable bonds is 3. The fraction of sp³-hybridized carbons (Fsp3) is 0.118. The van der Waals surface area contributed by atoms with Gasteiger partial charge in [0, 0.05) is 23.7 Å². The Hall–Kier alpha value is -2.75. The molecule has 0 fully saturated rings. The lowest BCUT2D eigenvalue weighted by atomic mass is 10.0. The largest absolute Gasteiger partial charge is 0.321 e. The van der Waals surface area contributed by atoms with E-state index in [0.717, 1.165) is 22.5 Å². The number of carbonyl (C=O) groups is 1. The molecule has 3 aromatic rings. The molecule has 21 heavy (non-hydrogen) atoms. The lowest BCUT2D eigenvalue weighted by Gasteiger charge is -2.12. The monoisotopic (exact) mass is 275 g/mol. The normalized spacial score (nSPS) is 15.5. The maximum Gasteiger partial charge on any atom is 0.165 e. The third-order valence-electron chi connectivity index (χ3n) is 3.91. The standard InChI is InChI=1S/C17H13N3O/c21-16(12-5-2-1-3-6-12)9-14-17-13(7-4-8-19-17)15-10-18-11-20(14)15/h1-8,10-11,14H,9H2. The molecule has 4 heteroatoms. The van der Waals surface area contributed by atoms with Gasteiger partial charge in [0.1, 0.15) is 0 Å². The van der Waals surface area contributed by atoms with Crippen LogP contribution in [0.25, 0.3) is 11.3 Å². The summed E-state index contributed by atoms with van der Waals surface area (Å²) >= 11 is 0. The van der Waals surface area contributed by atoms with Crippen molar-refractivity contribution in [2.75, 3.05) is 0 Å². The Kier molecular flexibility index (Phi) is 2.67. The molecule has 2 aromatic heterocycles. The highest BCUT2D eigenvalue weighted by Crippen LogP contribution is 2.39. The summed E-state index contributed by atoms with van der Waals surface area (Å²) in [7, 11) is 0. The fourth-order valence-corrected chi connectivity index (χ4v) is 2.91. The van der Waals surface area contributed by atoms with Crippen LogP contribution in [0.5, 0.6) is 0 Å². The van der Waals surface area contributed by atoms with Crippen molar-refractivity contribution >= 4 is 5.78 Å². The molecule has 4 rings (SSSR count). The SMILES string of the molecule is O=C(CC1c2ncccc2-c2cncn21)c1ccccc1. The summed E-state index contributed by atoms with van der Waals surface area (Å²) in [4.78, 5) is 21.2. The Balaban J connectivity index is 1.72. The van der Waals surface area contributed by atoms with Gasteiger partial charge in [0.25, 0.3) is 0 Å². The summed E-state index contributed by atoms with van der Waals surface area (Å²) < 4.78 is 2.04. The van der Waals surface area contributed by atoms with E-state index < -0.39 is 0 Å². The molecule has 1 atom stereocenters. The van der Waals surface area contributed by atoms with Crippen molar-refractivity contribution in [3.63, 3.8) is 0 Å². The van der Waals surface area contributed by atoms with E-state index >= 15 is 0 Å². The first-order valence-corrected chi connectivity index (χ1v) is 6.90. The Labute approximate surface area is 122 Å². The molecule has 1 aliphatic rings. The van der Waals surface area contributed by atoms with Crippen LogP contribution in [-0.2, 0) is 0 Å². The topological polar surface area (TPSA) is 47.8 Å². The molecule has 1 aromatic carbocycles. The van der Waals surface area contributed by atoms with E-state index in [1.54, 1.807) is 12.5 Å². The summed E-state index contributed by atoms with van der Waals surface area (Å²) in [5, 5.41) is 0. The molecule has 0 aliphatic carbocycles. The third-order valence-corrected chi connectivity index (χ3v) is 3.91. The zero-order chi connectivity index (χ0) is 14.2. The van der Waals surface area contributed by atoms with Crippen molar-refractivity contribution in [3.05, 3.63) is 72.4 Å². The van der Waals surface area contributed by atoms with Gasteiger partial charge in [-0.25, -0.2) is 4.98 Å². The smallest absolute Gasteiger partial charge is 0.165 e. The molecule has 0 N–H and O–H groups in total. The molecule has 0 spiro atoms. The van der Waals surface area contributed by atoms with Gasteiger partial charge >= 0.3 is 0 Å². The second-order valence-corrected chi connectivity index (χ2v) is 5.13. The Morgan fingerprint density at radius 2 is 2.00 bits per heavy atom. The van der Waals surface area contributed by atoms with Gasteiger partial charge in [0.15, 0.2) is 5.78 Å². The minimum Gasteiger partial charge on any atom is -0.321 e. The third kappa shape index (κ3) is 1.88. The second kappa shape index (κ2) is 4.66. The first-order valence-electron chi connectivity index (χ1n) is 6.90. The fourth-order valence-electron chi connectivity index (χ4n) is 2.91. The van der Waals surface area contributed by atoms with E-state index in [1.807, 2.05) is 53.2 Å². The molecular formula is C17H13N3O. The highest BCUT2D eigenvalue weighted by Gasteiger charge is 2.31. The summed E-state index contributed by atoms with van der Waals surface area (Å²) in [6, 6.07) is 13.3. The maximum absolute atomic E-state index is 12.5. The molecule has 3 heterocycles. The molecule has 1 aliphatic heterocycles. The van der Waals surface area contributed by atoms with Crippen molar-refractivity contribution in [2.45, 2.75) is 12.5 Å². The van der Waals surface area contributed by atoms with Crippen molar-refractivity contribution in [2.24, 2.45) is 0 Å². The molecule has 102 valence electrons. The summed E-state index contributed by atoms with van der Waals surface area (Å²) in [5.41, 5.74) is 3.80. The van der Waals surface area contributed by atoms with Gasteiger partial charge in [0.2, 0.25) is 0 Å². The van der Waals surface area contributed by atoms with E-state index in [4.69, 9.17) is 0 Å². The molecule has 1 unspecified atom stereocenters. The quantitative estimate of drug-likeness (QED) is 0.690. The minimum atomic E-state index is -0.0635. The average Bonchev–Trinajstić information content (AvgIpc) is 3.11. The molecule has 4 nitrogen and oxygen atoms in total. The molecular weight excluding hydrogens is 262 g/mol. The molecule has 0 saturated heterocycles. The van der Waals surface area contributed by atoms with Gasteiger partial charge in [-0.1, -0.05) is 30.3 Å². The predicted molar refractivity (Wildman–Crippen MR) is 79.0 cm³/mol. The number of aromatic nitrogens is 3. The van der Waals surface area contributed by atoms with E-state index in [1.165, 1.54) is 0 Å². The van der Waals surface area contributed by atoms with Gasteiger partial charge in [-0.2, -0.15) is 0 Å². The number of nitrogens with zero attached hydrogens (tertiary/aromatic N) is 3. The van der Waals surface area contributed by atoms with Crippen LogP contribution in [0.4, 0.5) is 0 Å². The van der Waals surface area contributed by atoms with Crippen molar-refractivity contribution in [1.82, 2.24) is 14.5 Å². The maximum atomic E-state index is 12.5. The summed E-state index contributed by atoms with van der Waals surface area (Å²) in [6.45, 7) is 0. The van der Waals surface area contributed by atoms with Gasteiger partial charge in [-0.15, -0.1) is 0 Å². The van der Waals surface area contributed by atoms with Crippen molar-refractivity contribution < 1.29 is 4.79 Å². The van der Waals surface area contributed by atoms with Crippen LogP contribution < -0.4 is 0 Å².